The van der Waals surface area contributed by atoms with Gasteiger partial charge in [0.1, 0.15) is 0 Å². The summed E-state index contributed by atoms with van der Waals surface area (Å²) in [4.78, 5) is 0. The highest BCUT2D eigenvalue weighted by molar-refractivity contribution is 5.33. The van der Waals surface area contributed by atoms with Gasteiger partial charge in [-0.1, -0.05) is 60.5 Å². The van der Waals surface area contributed by atoms with Crippen molar-refractivity contribution in [1.82, 2.24) is 5.32 Å². The molecule has 0 amide bonds. The van der Waals surface area contributed by atoms with Crippen LogP contribution in [0.15, 0.2) is 42.5 Å². The van der Waals surface area contributed by atoms with E-state index in [1.807, 2.05) is 0 Å². The first-order chi connectivity index (χ1) is 10.1. The Balaban J connectivity index is 2.12. The van der Waals surface area contributed by atoms with E-state index in [1.54, 1.807) is 0 Å². The topological polar surface area (TPSA) is 12.0 Å². The Hall–Kier alpha value is -1.60. The fourth-order valence-electron chi connectivity index (χ4n) is 3.01. The largest absolute Gasteiger partial charge is 0.310 e. The normalized spacial score (nSPS) is 12.4. The highest BCUT2D eigenvalue weighted by Gasteiger charge is 2.12. The van der Waals surface area contributed by atoms with E-state index in [0.717, 1.165) is 19.4 Å². The van der Waals surface area contributed by atoms with Crippen molar-refractivity contribution >= 4 is 0 Å². The van der Waals surface area contributed by atoms with Crippen LogP contribution in [0.3, 0.4) is 0 Å². The van der Waals surface area contributed by atoms with E-state index in [9.17, 15) is 0 Å². The molecule has 0 heterocycles. The number of aryl methyl sites for hydroxylation is 4. The smallest absolute Gasteiger partial charge is 0.0325 e. The number of rotatable bonds is 6. The van der Waals surface area contributed by atoms with Crippen LogP contribution in [0.2, 0.25) is 0 Å². The van der Waals surface area contributed by atoms with Crippen LogP contribution in [-0.2, 0) is 6.42 Å². The molecule has 2 rings (SSSR count). The highest BCUT2D eigenvalue weighted by atomic mass is 14.9. The van der Waals surface area contributed by atoms with Crippen molar-refractivity contribution in [2.75, 3.05) is 6.54 Å². The maximum atomic E-state index is 3.64. The Bertz CT molecular complexity index is 586. The highest BCUT2D eigenvalue weighted by Crippen LogP contribution is 2.23. The van der Waals surface area contributed by atoms with Crippen molar-refractivity contribution in [2.24, 2.45) is 0 Å². The molecule has 0 saturated carbocycles. The maximum Gasteiger partial charge on any atom is 0.0325 e. The standard InChI is InChI=1S/C20H27N/c1-5-21-20(19-11-9-16(3)13-17(19)4)12-10-18-8-6-7-15(2)14-18/h6-9,11,13-14,20-21H,5,10,12H2,1-4H3. The molecule has 0 bridgehead atoms. The lowest BCUT2D eigenvalue weighted by molar-refractivity contribution is 0.513. The number of nitrogens with one attached hydrogen (secondary N) is 1. The molecule has 0 saturated heterocycles. The maximum absolute atomic E-state index is 3.64. The van der Waals surface area contributed by atoms with Crippen LogP contribution in [0.5, 0.6) is 0 Å². The van der Waals surface area contributed by atoms with E-state index < -0.39 is 0 Å². The summed E-state index contributed by atoms with van der Waals surface area (Å²) in [5.41, 5.74) is 6.95. The summed E-state index contributed by atoms with van der Waals surface area (Å²) in [6, 6.07) is 16.1. The molecule has 0 aromatic heterocycles. The van der Waals surface area contributed by atoms with Gasteiger partial charge in [0.15, 0.2) is 0 Å². The fourth-order valence-corrected chi connectivity index (χ4v) is 3.01. The SMILES string of the molecule is CCNC(CCc1cccc(C)c1)c1ccc(C)cc1C. The van der Waals surface area contributed by atoms with Crippen molar-refractivity contribution in [1.29, 1.82) is 0 Å². The van der Waals surface area contributed by atoms with E-state index in [4.69, 9.17) is 0 Å². The van der Waals surface area contributed by atoms with Gasteiger partial charge in [0.05, 0.1) is 0 Å². The molecule has 0 aliphatic carbocycles. The number of benzene rings is 2. The lowest BCUT2D eigenvalue weighted by Gasteiger charge is -2.21. The average Bonchev–Trinajstić information content (AvgIpc) is 2.44. The van der Waals surface area contributed by atoms with Crippen molar-refractivity contribution in [2.45, 2.75) is 46.6 Å². The zero-order valence-corrected chi connectivity index (χ0v) is 13.7. The molecule has 1 heteroatoms. The van der Waals surface area contributed by atoms with Crippen molar-refractivity contribution in [3.63, 3.8) is 0 Å². The van der Waals surface area contributed by atoms with Crippen LogP contribution in [0.1, 0.15) is 47.2 Å². The van der Waals surface area contributed by atoms with Gasteiger partial charge in [-0.05, 0) is 56.8 Å². The molecule has 0 aliphatic rings. The summed E-state index contributed by atoms with van der Waals surface area (Å²) in [5, 5.41) is 3.64. The zero-order valence-electron chi connectivity index (χ0n) is 13.7. The predicted octanol–water partition coefficient (Wildman–Crippen LogP) is 4.90. The Labute approximate surface area is 129 Å². The number of hydrogen-bond donors (Lipinski definition) is 1. The summed E-state index contributed by atoms with van der Waals surface area (Å²) < 4.78 is 0. The molecular weight excluding hydrogens is 254 g/mol. The zero-order chi connectivity index (χ0) is 15.2. The molecular formula is C20H27N. The third-order valence-electron chi connectivity index (χ3n) is 4.06. The number of hydrogen-bond acceptors (Lipinski definition) is 1. The van der Waals surface area contributed by atoms with E-state index in [1.165, 1.54) is 27.8 Å². The molecule has 1 nitrogen and oxygen atoms in total. The van der Waals surface area contributed by atoms with Crippen LogP contribution in [-0.4, -0.2) is 6.54 Å². The molecule has 1 unspecified atom stereocenters. The Morgan fingerprint density at radius 2 is 1.71 bits per heavy atom. The fraction of sp³-hybridized carbons (Fsp3) is 0.400. The first-order valence-corrected chi connectivity index (χ1v) is 7.96. The van der Waals surface area contributed by atoms with Gasteiger partial charge in [0, 0.05) is 6.04 Å². The van der Waals surface area contributed by atoms with E-state index in [-0.39, 0.29) is 0 Å². The summed E-state index contributed by atoms with van der Waals surface area (Å²) in [5.74, 6) is 0. The van der Waals surface area contributed by atoms with Crippen LogP contribution in [0.25, 0.3) is 0 Å². The van der Waals surface area contributed by atoms with Gasteiger partial charge in [0.25, 0.3) is 0 Å². The van der Waals surface area contributed by atoms with Gasteiger partial charge in [-0.25, -0.2) is 0 Å². The minimum Gasteiger partial charge on any atom is -0.310 e. The Kier molecular flexibility index (Phi) is 5.58. The van der Waals surface area contributed by atoms with Crippen molar-refractivity contribution in [3.05, 3.63) is 70.3 Å². The third-order valence-corrected chi connectivity index (χ3v) is 4.06. The second-order valence-corrected chi connectivity index (χ2v) is 6.00. The molecule has 0 aliphatic heterocycles. The molecule has 1 N–H and O–H groups in total. The Morgan fingerprint density at radius 1 is 0.952 bits per heavy atom. The summed E-state index contributed by atoms with van der Waals surface area (Å²) in [6.07, 6.45) is 2.26. The molecule has 1 atom stereocenters. The van der Waals surface area contributed by atoms with Crippen LogP contribution in [0.4, 0.5) is 0 Å². The minimum atomic E-state index is 0.441. The van der Waals surface area contributed by atoms with Crippen LogP contribution in [0, 0.1) is 20.8 Å². The molecule has 0 spiro atoms. The average molecular weight is 281 g/mol. The molecule has 21 heavy (non-hydrogen) atoms. The molecule has 0 radical (unpaired) electrons. The van der Waals surface area contributed by atoms with Crippen LogP contribution < -0.4 is 5.32 Å². The van der Waals surface area contributed by atoms with Crippen molar-refractivity contribution in [3.8, 4) is 0 Å². The van der Waals surface area contributed by atoms with Gasteiger partial charge in [0.2, 0.25) is 0 Å². The monoisotopic (exact) mass is 281 g/mol. The molecule has 112 valence electrons. The van der Waals surface area contributed by atoms with Gasteiger partial charge in [-0.3, -0.25) is 0 Å². The molecule has 0 fully saturated rings. The van der Waals surface area contributed by atoms with E-state index in [0.29, 0.717) is 6.04 Å². The summed E-state index contributed by atoms with van der Waals surface area (Å²) in [6.45, 7) is 9.73. The first-order valence-electron chi connectivity index (χ1n) is 7.96. The lowest BCUT2D eigenvalue weighted by atomic mass is 9.94. The third kappa shape index (κ3) is 4.44. The van der Waals surface area contributed by atoms with E-state index in [2.05, 4.69) is 75.5 Å². The van der Waals surface area contributed by atoms with Gasteiger partial charge < -0.3 is 5.32 Å². The van der Waals surface area contributed by atoms with Gasteiger partial charge in [-0.2, -0.15) is 0 Å². The molecule has 2 aromatic rings. The van der Waals surface area contributed by atoms with Gasteiger partial charge in [-0.15, -0.1) is 0 Å². The van der Waals surface area contributed by atoms with Crippen molar-refractivity contribution < 1.29 is 0 Å². The van der Waals surface area contributed by atoms with Crippen LogP contribution >= 0.6 is 0 Å². The minimum absolute atomic E-state index is 0.441. The van der Waals surface area contributed by atoms with E-state index >= 15 is 0 Å². The second-order valence-electron chi connectivity index (χ2n) is 6.00. The predicted molar refractivity (Wildman–Crippen MR) is 91.8 cm³/mol. The molecule has 2 aromatic carbocycles. The second kappa shape index (κ2) is 7.42. The Morgan fingerprint density at radius 3 is 2.38 bits per heavy atom. The quantitative estimate of drug-likeness (QED) is 0.794. The summed E-state index contributed by atoms with van der Waals surface area (Å²) >= 11 is 0. The lowest BCUT2D eigenvalue weighted by Crippen LogP contribution is -2.22. The first kappa shape index (κ1) is 15.8. The summed E-state index contributed by atoms with van der Waals surface area (Å²) in [7, 11) is 0. The van der Waals surface area contributed by atoms with Gasteiger partial charge >= 0.3 is 0 Å².